The fraction of sp³-hybridized carbons (Fsp3) is 0.500. The van der Waals surface area contributed by atoms with Gasteiger partial charge in [-0.1, -0.05) is 11.6 Å². The van der Waals surface area contributed by atoms with E-state index < -0.39 is 0 Å². The van der Waals surface area contributed by atoms with Crippen LogP contribution in [0.3, 0.4) is 0 Å². The Balaban J connectivity index is 2.15. The molecular formula is C16H20ClNO4. The minimum Gasteiger partial charge on any atom is -0.496 e. The van der Waals surface area contributed by atoms with Gasteiger partial charge < -0.3 is 14.4 Å². The predicted molar refractivity (Wildman–Crippen MR) is 83.3 cm³/mol. The Morgan fingerprint density at radius 1 is 1.41 bits per heavy atom. The quantitative estimate of drug-likeness (QED) is 0.799. The second kappa shape index (κ2) is 7.49. The molecule has 0 aliphatic carbocycles. The lowest BCUT2D eigenvalue weighted by Gasteiger charge is -2.31. The Morgan fingerprint density at radius 3 is 2.86 bits per heavy atom. The molecule has 0 saturated carbocycles. The SMILES string of the molecule is CCOC(=O)C1CCCN(C(=O)c2cc(Cl)ccc2OC)C1. The number of likely N-dealkylation sites (tertiary alicyclic amines) is 1. The fourth-order valence-corrected chi connectivity index (χ4v) is 2.80. The van der Waals surface area contributed by atoms with Gasteiger partial charge in [-0.05, 0) is 38.0 Å². The Bertz CT molecular complexity index is 561. The normalized spacial score (nSPS) is 18.0. The van der Waals surface area contributed by atoms with Crippen molar-refractivity contribution in [2.24, 2.45) is 5.92 Å². The smallest absolute Gasteiger partial charge is 0.310 e. The first-order valence-electron chi connectivity index (χ1n) is 7.36. The molecule has 1 aliphatic rings. The third kappa shape index (κ3) is 3.71. The minimum absolute atomic E-state index is 0.173. The number of carbonyl (C=O) groups is 2. The molecule has 1 aliphatic heterocycles. The number of methoxy groups -OCH3 is 1. The molecule has 1 unspecified atom stereocenters. The van der Waals surface area contributed by atoms with E-state index in [9.17, 15) is 9.59 Å². The first-order chi connectivity index (χ1) is 10.6. The van der Waals surface area contributed by atoms with Crippen molar-refractivity contribution in [3.05, 3.63) is 28.8 Å². The summed E-state index contributed by atoms with van der Waals surface area (Å²) in [6.45, 7) is 3.11. The largest absolute Gasteiger partial charge is 0.496 e. The molecule has 0 N–H and O–H groups in total. The van der Waals surface area contributed by atoms with Crippen LogP contribution in [0.1, 0.15) is 30.1 Å². The number of ether oxygens (including phenoxy) is 2. The molecule has 1 aromatic rings. The van der Waals surface area contributed by atoms with Crippen LogP contribution in [0.15, 0.2) is 18.2 Å². The lowest BCUT2D eigenvalue weighted by Crippen LogP contribution is -2.42. The van der Waals surface area contributed by atoms with E-state index in [-0.39, 0.29) is 17.8 Å². The minimum atomic E-state index is -0.261. The number of hydrogen-bond donors (Lipinski definition) is 0. The Kier molecular flexibility index (Phi) is 5.66. The molecule has 1 fully saturated rings. The standard InChI is InChI=1S/C16H20ClNO4/c1-3-22-16(20)11-5-4-8-18(10-11)15(19)13-9-12(17)6-7-14(13)21-2/h6-7,9,11H,3-5,8,10H2,1-2H3. The lowest BCUT2D eigenvalue weighted by atomic mass is 9.97. The number of rotatable bonds is 4. The number of benzene rings is 1. The van der Waals surface area contributed by atoms with Gasteiger partial charge in [-0.25, -0.2) is 0 Å². The van der Waals surface area contributed by atoms with Crippen LogP contribution in [-0.2, 0) is 9.53 Å². The van der Waals surface area contributed by atoms with E-state index in [1.807, 2.05) is 0 Å². The van der Waals surface area contributed by atoms with Crippen molar-refractivity contribution in [1.29, 1.82) is 0 Å². The number of amides is 1. The monoisotopic (exact) mass is 325 g/mol. The predicted octanol–water partition coefficient (Wildman–Crippen LogP) is 2.76. The molecule has 0 spiro atoms. The van der Waals surface area contributed by atoms with Crippen molar-refractivity contribution in [3.63, 3.8) is 0 Å². The lowest BCUT2D eigenvalue weighted by molar-refractivity contribution is -0.149. The molecule has 1 atom stereocenters. The van der Waals surface area contributed by atoms with Crippen LogP contribution >= 0.6 is 11.6 Å². The number of halogens is 1. The van der Waals surface area contributed by atoms with Gasteiger partial charge in [0.2, 0.25) is 0 Å². The molecule has 6 heteroatoms. The number of esters is 1. The van der Waals surface area contributed by atoms with Gasteiger partial charge in [-0.3, -0.25) is 9.59 Å². The first kappa shape index (κ1) is 16.6. The highest BCUT2D eigenvalue weighted by Crippen LogP contribution is 2.26. The second-order valence-corrected chi connectivity index (χ2v) is 5.62. The summed E-state index contributed by atoms with van der Waals surface area (Å²) in [5.74, 6) is -0.193. The molecule has 1 aromatic carbocycles. The van der Waals surface area contributed by atoms with Gasteiger partial charge in [-0.15, -0.1) is 0 Å². The van der Waals surface area contributed by atoms with Crippen molar-refractivity contribution in [2.45, 2.75) is 19.8 Å². The Labute approximate surface area is 135 Å². The van der Waals surface area contributed by atoms with Gasteiger partial charge in [0.25, 0.3) is 5.91 Å². The first-order valence-corrected chi connectivity index (χ1v) is 7.74. The van der Waals surface area contributed by atoms with Gasteiger partial charge in [0.15, 0.2) is 0 Å². The maximum atomic E-state index is 12.7. The topological polar surface area (TPSA) is 55.8 Å². The summed E-state index contributed by atoms with van der Waals surface area (Å²) in [7, 11) is 1.51. The third-order valence-electron chi connectivity index (χ3n) is 3.72. The molecule has 5 nitrogen and oxygen atoms in total. The number of piperidine rings is 1. The summed E-state index contributed by atoms with van der Waals surface area (Å²) >= 11 is 5.98. The van der Waals surface area contributed by atoms with Crippen LogP contribution in [0.4, 0.5) is 0 Å². The number of carbonyl (C=O) groups excluding carboxylic acids is 2. The highest BCUT2D eigenvalue weighted by atomic mass is 35.5. The van der Waals surface area contributed by atoms with Gasteiger partial charge in [0.05, 0.1) is 25.2 Å². The van der Waals surface area contributed by atoms with Crippen molar-refractivity contribution < 1.29 is 19.1 Å². The highest BCUT2D eigenvalue weighted by molar-refractivity contribution is 6.31. The average molecular weight is 326 g/mol. The maximum absolute atomic E-state index is 12.7. The average Bonchev–Trinajstić information content (AvgIpc) is 2.54. The van der Waals surface area contributed by atoms with E-state index in [2.05, 4.69) is 0 Å². The maximum Gasteiger partial charge on any atom is 0.310 e. The summed E-state index contributed by atoms with van der Waals surface area (Å²) in [6.07, 6.45) is 1.52. The summed E-state index contributed by atoms with van der Waals surface area (Å²) in [5, 5.41) is 0.475. The summed E-state index contributed by atoms with van der Waals surface area (Å²) in [6, 6.07) is 4.94. The van der Waals surface area contributed by atoms with E-state index in [0.29, 0.717) is 36.0 Å². The van der Waals surface area contributed by atoms with E-state index in [1.54, 1.807) is 30.0 Å². The van der Waals surface area contributed by atoms with Crippen LogP contribution < -0.4 is 4.74 Å². The van der Waals surface area contributed by atoms with Gasteiger partial charge in [-0.2, -0.15) is 0 Å². The van der Waals surface area contributed by atoms with Crippen molar-refractivity contribution in [3.8, 4) is 5.75 Å². The van der Waals surface area contributed by atoms with Crippen molar-refractivity contribution in [2.75, 3.05) is 26.8 Å². The Morgan fingerprint density at radius 2 is 2.18 bits per heavy atom. The second-order valence-electron chi connectivity index (χ2n) is 5.19. The number of hydrogen-bond acceptors (Lipinski definition) is 4. The zero-order valence-electron chi connectivity index (χ0n) is 12.8. The molecule has 120 valence electrons. The van der Waals surface area contributed by atoms with Crippen LogP contribution in [0, 0.1) is 5.92 Å². The molecule has 1 saturated heterocycles. The van der Waals surface area contributed by atoms with Gasteiger partial charge in [0.1, 0.15) is 5.75 Å². The van der Waals surface area contributed by atoms with Gasteiger partial charge in [0, 0.05) is 18.1 Å². The van der Waals surface area contributed by atoms with Crippen molar-refractivity contribution >= 4 is 23.5 Å². The van der Waals surface area contributed by atoms with E-state index >= 15 is 0 Å². The molecule has 2 rings (SSSR count). The van der Waals surface area contributed by atoms with Gasteiger partial charge >= 0.3 is 5.97 Å². The van der Waals surface area contributed by atoms with E-state index in [0.717, 1.165) is 12.8 Å². The van der Waals surface area contributed by atoms with Crippen LogP contribution in [-0.4, -0.2) is 43.6 Å². The van der Waals surface area contributed by atoms with E-state index in [1.165, 1.54) is 7.11 Å². The van der Waals surface area contributed by atoms with E-state index in [4.69, 9.17) is 21.1 Å². The third-order valence-corrected chi connectivity index (χ3v) is 3.96. The molecule has 22 heavy (non-hydrogen) atoms. The molecule has 0 radical (unpaired) electrons. The zero-order valence-corrected chi connectivity index (χ0v) is 13.6. The van der Waals surface area contributed by atoms with Crippen molar-refractivity contribution in [1.82, 2.24) is 4.90 Å². The Hall–Kier alpha value is -1.75. The molecular weight excluding hydrogens is 306 g/mol. The summed E-state index contributed by atoms with van der Waals surface area (Å²) in [4.78, 5) is 26.2. The molecule has 0 aromatic heterocycles. The summed E-state index contributed by atoms with van der Waals surface area (Å²) < 4.78 is 10.3. The molecule has 1 heterocycles. The number of nitrogens with zero attached hydrogens (tertiary/aromatic N) is 1. The summed E-state index contributed by atoms with van der Waals surface area (Å²) in [5.41, 5.74) is 0.416. The highest BCUT2D eigenvalue weighted by Gasteiger charge is 2.30. The molecule has 1 amide bonds. The fourth-order valence-electron chi connectivity index (χ4n) is 2.63. The van der Waals surface area contributed by atoms with Crippen LogP contribution in [0.25, 0.3) is 0 Å². The van der Waals surface area contributed by atoms with Crippen LogP contribution in [0.5, 0.6) is 5.75 Å². The van der Waals surface area contributed by atoms with Crippen LogP contribution in [0.2, 0.25) is 5.02 Å². The zero-order chi connectivity index (χ0) is 16.1. The molecule has 0 bridgehead atoms.